The zero-order chi connectivity index (χ0) is 8.27. The zero-order valence-electron chi connectivity index (χ0n) is 5.64. The molecule has 0 aromatic heterocycles. The Bertz CT molecular complexity index is 303. The van der Waals surface area contributed by atoms with Crippen LogP contribution in [0.25, 0.3) is 4.85 Å². The van der Waals surface area contributed by atoms with E-state index in [1.54, 1.807) is 6.07 Å². The van der Waals surface area contributed by atoms with Crippen molar-refractivity contribution in [3.05, 3.63) is 45.5 Å². The molecule has 0 N–H and O–H groups in total. The minimum Gasteiger partial charge on any atom is -0.312 e. The summed E-state index contributed by atoms with van der Waals surface area (Å²) in [6.07, 6.45) is 0. The Kier molecular flexibility index (Phi) is 2.61. The lowest BCUT2D eigenvalue weighted by Crippen LogP contribution is -1.82. The maximum absolute atomic E-state index is 12.5. The van der Waals surface area contributed by atoms with Crippen molar-refractivity contribution in [1.82, 2.24) is 0 Å². The summed E-state index contributed by atoms with van der Waals surface area (Å²) in [6, 6.07) is 4.32. The van der Waals surface area contributed by atoms with Crippen molar-refractivity contribution >= 4 is 15.9 Å². The fourth-order valence-electron chi connectivity index (χ4n) is 0.735. The number of hydrogen-bond acceptors (Lipinski definition) is 0. The second kappa shape index (κ2) is 3.49. The van der Waals surface area contributed by atoms with Gasteiger partial charge in [0, 0.05) is 10.0 Å². The van der Waals surface area contributed by atoms with Crippen molar-refractivity contribution < 1.29 is 4.39 Å². The first-order valence-electron chi connectivity index (χ1n) is 3.01. The summed E-state index contributed by atoms with van der Waals surface area (Å²) in [6.45, 7) is 6.89. The van der Waals surface area contributed by atoms with Gasteiger partial charge in [-0.15, -0.1) is 0 Å². The zero-order valence-corrected chi connectivity index (χ0v) is 7.23. The van der Waals surface area contributed by atoms with Gasteiger partial charge in [0.1, 0.15) is 5.82 Å². The van der Waals surface area contributed by atoms with E-state index >= 15 is 0 Å². The number of hydrogen-bond donors (Lipinski definition) is 0. The van der Waals surface area contributed by atoms with Crippen LogP contribution in [0.3, 0.4) is 0 Å². The predicted molar refractivity (Wildman–Crippen MR) is 44.4 cm³/mol. The van der Waals surface area contributed by atoms with Gasteiger partial charge in [-0.25, -0.2) is 11.0 Å². The molecule has 0 bridgehead atoms. The largest absolute Gasteiger partial charge is 0.312 e. The molecule has 0 fully saturated rings. The topological polar surface area (TPSA) is 4.36 Å². The second-order valence-electron chi connectivity index (χ2n) is 2.05. The molecule has 0 aliphatic carbocycles. The van der Waals surface area contributed by atoms with Crippen LogP contribution in [0.2, 0.25) is 0 Å². The molecule has 1 aromatic rings. The maximum atomic E-state index is 12.5. The Hall–Kier alpha value is -0.880. The summed E-state index contributed by atoms with van der Waals surface area (Å²) in [5, 5.41) is 0. The SMILES string of the molecule is [C-]#[N+]Cc1ccc(F)cc1Br. The third kappa shape index (κ3) is 2.02. The van der Waals surface area contributed by atoms with Crippen LogP contribution in [-0.4, -0.2) is 0 Å². The number of benzene rings is 1. The molecule has 56 valence electrons. The normalized spacial score (nSPS) is 9.18. The van der Waals surface area contributed by atoms with Crippen LogP contribution in [0.15, 0.2) is 22.7 Å². The maximum Gasteiger partial charge on any atom is 0.240 e. The molecule has 0 aliphatic heterocycles. The quantitative estimate of drug-likeness (QED) is 0.633. The average Bonchev–Trinajstić information content (AvgIpc) is 1.95. The highest BCUT2D eigenvalue weighted by molar-refractivity contribution is 9.10. The standard InChI is InChI=1S/C8H5BrFN/c1-11-5-6-2-3-7(10)4-8(6)9/h2-4H,5H2. The Morgan fingerprint density at radius 3 is 2.82 bits per heavy atom. The lowest BCUT2D eigenvalue weighted by Gasteiger charge is -1.95. The van der Waals surface area contributed by atoms with E-state index in [-0.39, 0.29) is 5.82 Å². The van der Waals surface area contributed by atoms with Gasteiger partial charge >= 0.3 is 0 Å². The Balaban J connectivity index is 3.01. The fraction of sp³-hybridized carbons (Fsp3) is 0.125. The van der Waals surface area contributed by atoms with E-state index in [4.69, 9.17) is 6.57 Å². The van der Waals surface area contributed by atoms with Crippen molar-refractivity contribution in [1.29, 1.82) is 0 Å². The monoisotopic (exact) mass is 213 g/mol. The van der Waals surface area contributed by atoms with Gasteiger partial charge in [0.15, 0.2) is 0 Å². The summed E-state index contributed by atoms with van der Waals surface area (Å²) < 4.78 is 13.1. The van der Waals surface area contributed by atoms with Crippen molar-refractivity contribution in [3.8, 4) is 0 Å². The van der Waals surface area contributed by atoms with Gasteiger partial charge < -0.3 is 4.85 Å². The molecular weight excluding hydrogens is 209 g/mol. The van der Waals surface area contributed by atoms with Crippen LogP contribution in [-0.2, 0) is 6.54 Å². The molecule has 1 nitrogen and oxygen atoms in total. The van der Waals surface area contributed by atoms with E-state index in [1.165, 1.54) is 12.1 Å². The minimum atomic E-state index is -0.286. The van der Waals surface area contributed by atoms with Crippen molar-refractivity contribution in [2.45, 2.75) is 6.54 Å². The first-order valence-corrected chi connectivity index (χ1v) is 3.80. The Morgan fingerprint density at radius 2 is 2.27 bits per heavy atom. The second-order valence-corrected chi connectivity index (χ2v) is 2.91. The van der Waals surface area contributed by atoms with Crippen molar-refractivity contribution in [2.75, 3.05) is 0 Å². The first-order chi connectivity index (χ1) is 5.24. The fourth-order valence-corrected chi connectivity index (χ4v) is 1.21. The molecule has 3 heteroatoms. The third-order valence-corrected chi connectivity index (χ3v) is 2.00. The summed E-state index contributed by atoms with van der Waals surface area (Å²) in [5.41, 5.74) is 0.821. The van der Waals surface area contributed by atoms with Crippen LogP contribution >= 0.6 is 15.9 Å². The van der Waals surface area contributed by atoms with Crippen LogP contribution in [0.5, 0.6) is 0 Å². The van der Waals surface area contributed by atoms with Crippen LogP contribution in [0.1, 0.15) is 5.56 Å². The molecule has 0 heterocycles. The molecule has 0 atom stereocenters. The van der Waals surface area contributed by atoms with Gasteiger partial charge in [0.05, 0.1) is 0 Å². The first kappa shape index (κ1) is 8.22. The van der Waals surface area contributed by atoms with E-state index in [0.717, 1.165) is 5.56 Å². The highest BCUT2D eigenvalue weighted by Gasteiger charge is 2.01. The molecular formula is C8H5BrFN. The Labute approximate surface area is 72.8 Å². The van der Waals surface area contributed by atoms with Gasteiger partial charge in [-0.2, -0.15) is 0 Å². The molecule has 0 saturated carbocycles. The smallest absolute Gasteiger partial charge is 0.240 e. The molecule has 0 unspecified atom stereocenters. The van der Waals surface area contributed by atoms with E-state index < -0.39 is 0 Å². The van der Waals surface area contributed by atoms with Gasteiger partial charge in [0.25, 0.3) is 0 Å². The third-order valence-electron chi connectivity index (χ3n) is 1.26. The molecule has 1 aromatic carbocycles. The molecule has 0 aliphatic rings. The van der Waals surface area contributed by atoms with Crippen molar-refractivity contribution in [2.24, 2.45) is 0 Å². The molecule has 0 radical (unpaired) electrons. The minimum absolute atomic E-state index is 0.286. The molecule has 1 rings (SSSR count). The lowest BCUT2D eigenvalue weighted by atomic mass is 10.2. The van der Waals surface area contributed by atoms with E-state index in [1.807, 2.05) is 0 Å². The molecule has 0 spiro atoms. The van der Waals surface area contributed by atoms with Gasteiger partial charge in [0.2, 0.25) is 6.54 Å². The van der Waals surface area contributed by atoms with Gasteiger partial charge in [-0.1, -0.05) is 15.9 Å². The van der Waals surface area contributed by atoms with Crippen molar-refractivity contribution in [3.63, 3.8) is 0 Å². The summed E-state index contributed by atoms with van der Waals surface area (Å²) in [4.78, 5) is 3.19. The lowest BCUT2D eigenvalue weighted by molar-refractivity contribution is 0.626. The van der Waals surface area contributed by atoms with Crippen LogP contribution in [0, 0.1) is 12.4 Å². The average molecular weight is 214 g/mol. The van der Waals surface area contributed by atoms with Crippen LogP contribution < -0.4 is 0 Å². The summed E-state index contributed by atoms with van der Waals surface area (Å²) in [5.74, 6) is -0.286. The summed E-state index contributed by atoms with van der Waals surface area (Å²) in [7, 11) is 0. The molecule has 0 saturated heterocycles. The van der Waals surface area contributed by atoms with Gasteiger partial charge in [-0.05, 0) is 18.2 Å². The van der Waals surface area contributed by atoms with Crippen LogP contribution in [0.4, 0.5) is 4.39 Å². The highest BCUT2D eigenvalue weighted by atomic mass is 79.9. The predicted octanol–water partition coefficient (Wildman–Crippen LogP) is 3.01. The molecule has 0 amide bonds. The van der Waals surface area contributed by atoms with E-state index in [9.17, 15) is 4.39 Å². The number of rotatable bonds is 1. The number of nitrogens with zero attached hydrogens (tertiary/aromatic N) is 1. The van der Waals surface area contributed by atoms with E-state index in [0.29, 0.717) is 11.0 Å². The Morgan fingerprint density at radius 1 is 1.55 bits per heavy atom. The van der Waals surface area contributed by atoms with E-state index in [2.05, 4.69) is 20.8 Å². The summed E-state index contributed by atoms with van der Waals surface area (Å²) >= 11 is 3.16. The highest BCUT2D eigenvalue weighted by Crippen LogP contribution is 2.18. The van der Waals surface area contributed by atoms with Gasteiger partial charge in [-0.3, -0.25) is 0 Å². The number of halogens is 2. The molecule has 11 heavy (non-hydrogen) atoms.